The van der Waals surface area contributed by atoms with Crippen LogP contribution in [0.4, 0.5) is 11.6 Å². The summed E-state index contributed by atoms with van der Waals surface area (Å²) in [4.78, 5) is 16.1. The normalized spacial score (nSPS) is 10.4. The molecule has 0 fully saturated rings. The van der Waals surface area contributed by atoms with Gasteiger partial charge in [0.25, 0.3) is 0 Å². The molecule has 0 bridgehead atoms. The number of aromatic carboxylic acids is 1. The average Bonchev–Trinajstić information content (AvgIpc) is 3.09. The predicted octanol–water partition coefficient (Wildman–Crippen LogP) is 2.98. The largest absolute Gasteiger partial charge is 0.478 e. The van der Waals surface area contributed by atoms with Crippen molar-refractivity contribution in [2.45, 2.75) is 0 Å². The Morgan fingerprint density at radius 2 is 2.05 bits per heavy atom. The van der Waals surface area contributed by atoms with Crippen molar-refractivity contribution >= 4 is 28.9 Å². The van der Waals surface area contributed by atoms with Crippen LogP contribution in [0.1, 0.15) is 10.4 Å². The molecular formula is C13H10N4O2S. The molecule has 2 heterocycles. The molecule has 0 amide bonds. The molecule has 0 atom stereocenters. The lowest BCUT2D eigenvalue weighted by atomic mass is 10.2. The van der Waals surface area contributed by atoms with Crippen molar-refractivity contribution in [2.24, 2.45) is 0 Å². The molecule has 3 aromatic rings. The van der Waals surface area contributed by atoms with Crippen molar-refractivity contribution in [3.05, 3.63) is 47.3 Å². The first kappa shape index (κ1) is 12.4. The Bertz CT molecular complexity index is 719. The second-order valence-electron chi connectivity index (χ2n) is 3.99. The number of hydrogen-bond acceptors (Lipinski definition) is 5. The summed E-state index contributed by atoms with van der Waals surface area (Å²) < 4.78 is 0. The smallest absolute Gasteiger partial charge is 0.335 e. The topological polar surface area (TPSA) is 90.9 Å². The van der Waals surface area contributed by atoms with Crippen LogP contribution in [0.15, 0.2) is 41.8 Å². The van der Waals surface area contributed by atoms with Gasteiger partial charge in [0.1, 0.15) is 0 Å². The van der Waals surface area contributed by atoms with E-state index in [1.165, 1.54) is 12.1 Å². The van der Waals surface area contributed by atoms with Crippen molar-refractivity contribution in [1.82, 2.24) is 15.2 Å². The zero-order valence-electron chi connectivity index (χ0n) is 10.2. The SMILES string of the molecule is O=C(O)c1ccc(Nc2n[nH]c(-c3cccs3)n2)cc1. The third kappa shape index (κ3) is 2.52. The lowest BCUT2D eigenvalue weighted by Gasteiger charge is -2.01. The fourth-order valence-corrected chi connectivity index (χ4v) is 2.33. The van der Waals surface area contributed by atoms with Gasteiger partial charge >= 0.3 is 5.97 Å². The molecule has 0 aliphatic heterocycles. The molecule has 1 aromatic carbocycles. The number of anilines is 2. The van der Waals surface area contributed by atoms with Crippen molar-refractivity contribution in [3.63, 3.8) is 0 Å². The molecule has 0 aliphatic carbocycles. The number of aromatic amines is 1. The highest BCUT2D eigenvalue weighted by atomic mass is 32.1. The van der Waals surface area contributed by atoms with Crippen LogP contribution in [0.25, 0.3) is 10.7 Å². The van der Waals surface area contributed by atoms with E-state index in [-0.39, 0.29) is 5.56 Å². The van der Waals surface area contributed by atoms with Gasteiger partial charge in [-0.05, 0) is 35.7 Å². The molecule has 0 spiro atoms. The van der Waals surface area contributed by atoms with Gasteiger partial charge in [-0.25, -0.2) is 4.79 Å². The molecule has 100 valence electrons. The Labute approximate surface area is 118 Å². The van der Waals surface area contributed by atoms with Gasteiger partial charge in [-0.2, -0.15) is 4.98 Å². The Morgan fingerprint density at radius 1 is 1.25 bits per heavy atom. The summed E-state index contributed by atoms with van der Waals surface area (Å²) in [5.74, 6) is 0.190. The summed E-state index contributed by atoms with van der Waals surface area (Å²) in [6, 6.07) is 10.3. The highest BCUT2D eigenvalue weighted by molar-refractivity contribution is 7.13. The zero-order chi connectivity index (χ0) is 13.9. The standard InChI is InChI=1S/C13H10N4O2S/c18-12(19)8-3-5-9(6-4-8)14-13-15-11(16-17-13)10-2-1-7-20-10/h1-7H,(H,18,19)(H2,14,15,16,17). The van der Waals surface area contributed by atoms with Gasteiger partial charge in [0.15, 0.2) is 5.82 Å². The number of carboxylic acid groups (broad SMARTS) is 1. The second kappa shape index (κ2) is 5.14. The van der Waals surface area contributed by atoms with Crippen molar-refractivity contribution < 1.29 is 9.90 Å². The lowest BCUT2D eigenvalue weighted by molar-refractivity contribution is 0.0697. The molecule has 6 nitrogen and oxygen atoms in total. The van der Waals surface area contributed by atoms with E-state index in [0.717, 1.165) is 10.6 Å². The fourth-order valence-electron chi connectivity index (χ4n) is 1.67. The first-order valence-electron chi connectivity index (χ1n) is 5.79. The Morgan fingerprint density at radius 3 is 2.70 bits per heavy atom. The van der Waals surface area contributed by atoms with Gasteiger partial charge in [0, 0.05) is 5.69 Å². The van der Waals surface area contributed by atoms with Crippen LogP contribution < -0.4 is 5.32 Å². The Balaban J connectivity index is 1.76. The number of carbonyl (C=O) groups is 1. The van der Waals surface area contributed by atoms with Crippen LogP contribution >= 0.6 is 11.3 Å². The van der Waals surface area contributed by atoms with E-state index in [1.807, 2.05) is 17.5 Å². The number of aromatic nitrogens is 3. The summed E-state index contributed by atoms with van der Waals surface area (Å²) in [7, 11) is 0. The molecule has 20 heavy (non-hydrogen) atoms. The molecule has 0 saturated carbocycles. The van der Waals surface area contributed by atoms with Crippen LogP contribution in [0.5, 0.6) is 0 Å². The van der Waals surface area contributed by atoms with Crippen LogP contribution in [0.2, 0.25) is 0 Å². The fraction of sp³-hybridized carbons (Fsp3) is 0. The molecule has 0 unspecified atom stereocenters. The summed E-state index contributed by atoms with van der Waals surface area (Å²) in [5.41, 5.74) is 0.969. The van der Waals surface area contributed by atoms with Gasteiger partial charge in [-0.1, -0.05) is 6.07 Å². The minimum absolute atomic E-state index is 0.241. The van der Waals surface area contributed by atoms with Crippen molar-refractivity contribution in [1.29, 1.82) is 0 Å². The lowest BCUT2D eigenvalue weighted by Crippen LogP contribution is -1.97. The maximum atomic E-state index is 10.8. The van der Waals surface area contributed by atoms with Crippen LogP contribution in [-0.4, -0.2) is 26.3 Å². The highest BCUT2D eigenvalue weighted by Gasteiger charge is 2.07. The van der Waals surface area contributed by atoms with Crippen LogP contribution in [0.3, 0.4) is 0 Å². The van der Waals surface area contributed by atoms with Gasteiger partial charge in [-0.3, -0.25) is 5.10 Å². The number of nitrogens with zero attached hydrogens (tertiary/aromatic N) is 2. The van der Waals surface area contributed by atoms with Crippen molar-refractivity contribution in [3.8, 4) is 10.7 Å². The minimum Gasteiger partial charge on any atom is -0.478 e. The number of hydrogen-bond donors (Lipinski definition) is 3. The number of benzene rings is 1. The average molecular weight is 286 g/mol. The van der Waals surface area contributed by atoms with E-state index in [0.29, 0.717) is 11.8 Å². The molecule has 3 N–H and O–H groups in total. The quantitative estimate of drug-likeness (QED) is 0.686. The van der Waals surface area contributed by atoms with Gasteiger partial charge in [-0.15, -0.1) is 16.4 Å². The second-order valence-corrected chi connectivity index (χ2v) is 4.94. The zero-order valence-corrected chi connectivity index (χ0v) is 11.0. The molecule has 3 rings (SSSR count). The number of carboxylic acids is 1. The molecular weight excluding hydrogens is 276 g/mol. The van der Waals surface area contributed by atoms with Crippen molar-refractivity contribution in [2.75, 3.05) is 5.32 Å². The number of thiophene rings is 1. The third-order valence-corrected chi connectivity index (χ3v) is 3.50. The highest BCUT2D eigenvalue weighted by Crippen LogP contribution is 2.22. The van der Waals surface area contributed by atoms with E-state index in [1.54, 1.807) is 23.5 Å². The molecule has 0 radical (unpaired) electrons. The van der Waals surface area contributed by atoms with E-state index < -0.39 is 5.97 Å². The Kier molecular flexibility index (Phi) is 3.18. The minimum atomic E-state index is -0.950. The van der Waals surface area contributed by atoms with Gasteiger partial charge in [0.05, 0.1) is 10.4 Å². The summed E-state index contributed by atoms with van der Waals surface area (Å²) >= 11 is 1.57. The first-order valence-corrected chi connectivity index (χ1v) is 6.67. The maximum absolute atomic E-state index is 10.8. The van der Waals surface area contributed by atoms with E-state index in [2.05, 4.69) is 20.5 Å². The monoisotopic (exact) mass is 286 g/mol. The molecule has 0 saturated heterocycles. The Hall–Kier alpha value is -2.67. The summed E-state index contributed by atoms with van der Waals surface area (Å²) in [5, 5.41) is 20.7. The predicted molar refractivity (Wildman–Crippen MR) is 76.4 cm³/mol. The number of rotatable bonds is 4. The van der Waals surface area contributed by atoms with Crippen LogP contribution in [0, 0.1) is 0 Å². The summed E-state index contributed by atoms with van der Waals surface area (Å²) in [6.07, 6.45) is 0. The third-order valence-electron chi connectivity index (χ3n) is 2.63. The molecule has 0 aliphatic rings. The van der Waals surface area contributed by atoms with E-state index >= 15 is 0 Å². The van der Waals surface area contributed by atoms with Gasteiger partial charge in [0.2, 0.25) is 5.95 Å². The maximum Gasteiger partial charge on any atom is 0.335 e. The number of H-pyrrole nitrogens is 1. The number of nitrogens with one attached hydrogen (secondary N) is 2. The van der Waals surface area contributed by atoms with E-state index in [4.69, 9.17) is 5.11 Å². The first-order chi connectivity index (χ1) is 9.72. The molecule has 2 aromatic heterocycles. The van der Waals surface area contributed by atoms with E-state index in [9.17, 15) is 4.79 Å². The van der Waals surface area contributed by atoms with Gasteiger partial charge < -0.3 is 10.4 Å². The van der Waals surface area contributed by atoms with Crippen LogP contribution in [-0.2, 0) is 0 Å². The summed E-state index contributed by atoms with van der Waals surface area (Å²) in [6.45, 7) is 0. The molecule has 7 heteroatoms.